The van der Waals surface area contributed by atoms with Crippen LogP contribution in [0.1, 0.15) is 31.3 Å². The van der Waals surface area contributed by atoms with Gasteiger partial charge < -0.3 is 10.6 Å². The first-order valence-corrected chi connectivity index (χ1v) is 7.37. The van der Waals surface area contributed by atoms with E-state index in [0.29, 0.717) is 21.6 Å². The molecule has 0 spiro atoms. The maximum atomic E-state index is 12.0. The highest BCUT2D eigenvalue weighted by molar-refractivity contribution is 6.43. The second kappa shape index (κ2) is 6.50. The van der Waals surface area contributed by atoms with Crippen LogP contribution < -0.4 is 10.6 Å². The zero-order valence-electron chi connectivity index (χ0n) is 12.4. The standard InChI is InChI=1S/C15H16Cl2N4O/c1-15(2,3)21-14(22)11-7-19-12(8-18-11)20-10-6-4-5-9(16)13(10)17/h4-8H,1-3H3,(H,19,20)(H,21,22). The zero-order valence-corrected chi connectivity index (χ0v) is 14.0. The van der Waals surface area contributed by atoms with Crippen molar-refractivity contribution in [3.8, 4) is 0 Å². The molecule has 22 heavy (non-hydrogen) atoms. The molecule has 0 bridgehead atoms. The lowest BCUT2D eigenvalue weighted by atomic mass is 10.1. The summed E-state index contributed by atoms with van der Waals surface area (Å²) in [4.78, 5) is 20.2. The highest BCUT2D eigenvalue weighted by Gasteiger charge is 2.16. The maximum absolute atomic E-state index is 12.0. The van der Waals surface area contributed by atoms with Crippen molar-refractivity contribution < 1.29 is 4.79 Å². The van der Waals surface area contributed by atoms with Gasteiger partial charge in [-0.05, 0) is 32.9 Å². The van der Waals surface area contributed by atoms with E-state index < -0.39 is 0 Å². The maximum Gasteiger partial charge on any atom is 0.271 e. The van der Waals surface area contributed by atoms with Crippen molar-refractivity contribution in [2.24, 2.45) is 0 Å². The Labute approximate surface area is 139 Å². The van der Waals surface area contributed by atoms with Crippen LogP contribution in [0, 0.1) is 0 Å². The number of hydrogen-bond acceptors (Lipinski definition) is 4. The van der Waals surface area contributed by atoms with E-state index >= 15 is 0 Å². The van der Waals surface area contributed by atoms with Crippen LogP contribution in [0.3, 0.4) is 0 Å². The van der Waals surface area contributed by atoms with Gasteiger partial charge in [-0.25, -0.2) is 9.97 Å². The van der Waals surface area contributed by atoms with Gasteiger partial charge in [-0.3, -0.25) is 4.79 Å². The van der Waals surface area contributed by atoms with Gasteiger partial charge in [0.15, 0.2) is 0 Å². The van der Waals surface area contributed by atoms with Crippen molar-refractivity contribution in [1.29, 1.82) is 0 Å². The predicted molar refractivity (Wildman–Crippen MR) is 89.0 cm³/mol. The Morgan fingerprint density at radius 2 is 1.86 bits per heavy atom. The van der Waals surface area contributed by atoms with Gasteiger partial charge in [-0.1, -0.05) is 29.3 Å². The van der Waals surface area contributed by atoms with Crippen LogP contribution in [0.15, 0.2) is 30.6 Å². The molecule has 2 rings (SSSR count). The summed E-state index contributed by atoms with van der Waals surface area (Å²) in [7, 11) is 0. The smallest absolute Gasteiger partial charge is 0.271 e. The minimum absolute atomic E-state index is 0.248. The van der Waals surface area contributed by atoms with Crippen LogP contribution in [-0.4, -0.2) is 21.4 Å². The average Bonchev–Trinajstić information content (AvgIpc) is 2.43. The fraction of sp³-hybridized carbons (Fsp3) is 0.267. The van der Waals surface area contributed by atoms with Gasteiger partial charge in [0.05, 0.1) is 28.1 Å². The van der Waals surface area contributed by atoms with Crippen molar-refractivity contribution in [2.45, 2.75) is 26.3 Å². The van der Waals surface area contributed by atoms with E-state index in [1.54, 1.807) is 18.2 Å². The van der Waals surface area contributed by atoms with E-state index in [1.807, 2.05) is 20.8 Å². The summed E-state index contributed by atoms with van der Waals surface area (Å²) in [5.74, 6) is 0.198. The lowest BCUT2D eigenvalue weighted by Crippen LogP contribution is -2.40. The number of aromatic nitrogens is 2. The Morgan fingerprint density at radius 1 is 1.14 bits per heavy atom. The van der Waals surface area contributed by atoms with E-state index in [9.17, 15) is 4.79 Å². The number of halogens is 2. The first-order chi connectivity index (χ1) is 10.3. The van der Waals surface area contributed by atoms with E-state index in [1.165, 1.54) is 12.4 Å². The average molecular weight is 339 g/mol. The Morgan fingerprint density at radius 3 is 2.45 bits per heavy atom. The molecule has 0 aliphatic carbocycles. The zero-order chi connectivity index (χ0) is 16.3. The molecular formula is C15H16Cl2N4O. The molecule has 1 amide bonds. The summed E-state index contributed by atoms with van der Waals surface area (Å²) in [5.41, 5.74) is 0.539. The van der Waals surface area contributed by atoms with Gasteiger partial charge >= 0.3 is 0 Å². The Balaban J connectivity index is 2.12. The van der Waals surface area contributed by atoms with Gasteiger partial charge in [-0.15, -0.1) is 0 Å². The van der Waals surface area contributed by atoms with Crippen molar-refractivity contribution in [2.75, 3.05) is 5.32 Å². The van der Waals surface area contributed by atoms with E-state index in [4.69, 9.17) is 23.2 Å². The molecule has 0 aliphatic heterocycles. The second-order valence-corrected chi connectivity index (χ2v) is 6.50. The molecule has 2 aromatic rings. The van der Waals surface area contributed by atoms with Crippen LogP contribution >= 0.6 is 23.2 Å². The third kappa shape index (κ3) is 4.32. The molecule has 0 aliphatic rings. The molecule has 0 radical (unpaired) electrons. The van der Waals surface area contributed by atoms with Crippen LogP contribution in [0.2, 0.25) is 10.0 Å². The molecule has 0 atom stereocenters. The number of amides is 1. The fourth-order valence-electron chi connectivity index (χ4n) is 1.65. The molecule has 0 saturated carbocycles. The summed E-state index contributed by atoms with van der Waals surface area (Å²) >= 11 is 12.0. The van der Waals surface area contributed by atoms with Crippen molar-refractivity contribution >= 4 is 40.6 Å². The number of nitrogens with one attached hydrogen (secondary N) is 2. The van der Waals surface area contributed by atoms with Gasteiger partial charge in [0.25, 0.3) is 5.91 Å². The third-order valence-corrected chi connectivity index (χ3v) is 3.41. The predicted octanol–water partition coefficient (Wildman–Crippen LogP) is 4.06. The quantitative estimate of drug-likeness (QED) is 0.885. The van der Waals surface area contributed by atoms with E-state index in [-0.39, 0.29) is 17.1 Å². The minimum Gasteiger partial charge on any atom is -0.346 e. The fourth-order valence-corrected chi connectivity index (χ4v) is 2.00. The van der Waals surface area contributed by atoms with Gasteiger partial charge in [0, 0.05) is 5.54 Å². The molecule has 1 heterocycles. The molecular weight excluding hydrogens is 323 g/mol. The Kier molecular flexibility index (Phi) is 4.88. The Bertz CT molecular complexity index is 681. The van der Waals surface area contributed by atoms with Crippen LogP contribution in [0.5, 0.6) is 0 Å². The van der Waals surface area contributed by atoms with Crippen molar-refractivity contribution in [3.63, 3.8) is 0 Å². The molecule has 5 nitrogen and oxygen atoms in total. The molecule has 2 N–H and O–H groups in total. The number of hydrogen-bond donors (Lipinski definition) is 2. The van der Waals surface area contributed by atoms with Gasteiger partial charge in [0.1, 0.15) is 11.5 Å². The number of benzene rings is 1. The summed E-state index contributed by atoms with van der Waals surface area (Å²) in [5, 5.41) is 6.67. The molecule has 7 heteroatoms. The third-order valence-electron chi connectivity index (χ3n) is 2.59. The molecule has 1 aromatic carbocycles. The lowest BCUT2D eigenvalue weighted by molar-refractivity contribution is 0.0914. The molecule has 0 unspecified atom stereocenters. The number of nitrogens with zero attached hydrogens (tertiary/aromatic N) is 2. The highest BCUT2D eigenvalue weighted by atomic mass is 35.5. The van der Waals surface area contributed by atoms with Crippen LogP contribution in [0.4, 0.5) is 11.5 Å². The van der Waals surface area contributed by atoms with E-state index in [0.717, 1.165) is 0 Å². The largest absolute Gasteiger partial charge is 0.346 e. The summed E-state index contributed by atoms with van der Waals surface area (Å²) < 4.78 is 0. The van der Waals surface area contributed by atoms with Crippen LogP contribution in [0.25, 0.3) is 0 Å². The first-order valence-electron chi connectivity index (χ1n) is 6.62. The normalized spacial score (nSPS) is 11.1. The molecule has 0 fully saturated rings. The second-order valence-electron chi connectivity index (χ2n) is 5.72. The number of carbonyl (C=O) groups excluding carboxylic acids is 1. The van der Waals surface area contributed by atoms with Gasteiger partial charge in [0.2, 0.25) is 0 Å². The SMILES string of the molecule is CC(C)(C)NC(=O)c1cnc(Nc2cccc(Cl)c2Cl)cn1. The van der Waals surface area contributed by atoms with E-state index in [2.05, 4.69) is 20.6 Å². The summed E-state index contributed by atoms with van der Waals surface area (Å²) in [6, 6.07) is 5.24. The molecule has 0 saturated heterocycles. The first kappa shape index (κ1) is 16.5. The minimum atomic E-state index is -0.329. The van der Waals surface area contributed by atoms with Crippen molar-refractivity contribution in [3.05, 3.63) is 46.3 Å². The topological polar surface area (TPSA) is 66.9 Å². The lowest BCUT2D eigenvalue weighted by Gasteiger charge is -2.19. The Hall–Kier alpha value is -1.85. The highest BCUT2D eigenvalue weighted by Crippen LogP contribution is 2.31. The number of rotatable bonds is 3. The monoisotopic (exact) mass is 338 g/mol. The number of anilines is 2. The number of carbonyl (C=O) groups is 1. The summed E-state index contributed by atoms with van der Waals surface area (Å²) in [6.45, 7) is 5.69. The van der Waals surface area contributed by atoms with Crippen molar-refractivity contribution in [1.82, 2.24) is 15.3 Å². The molecule has 1 aromatic heterocycles. The van der Waals surface area contributed by atoms with Crippen LogP contribution in [-0.2, 0) is 0 Å². The molecule has 116 valence electrons. The van der Waals surface area contributed by atoms with Gasteiger partial charge in [-0.2, -0.15) is 0 Å². The summed E-state index contributed by atoms with van der Waals surface area (Å²) in [6.07, 6.45) is 2.87.